The second-order valence-corrected chi connectivity index (χ2v) is 6.07. The first-order chi connectivity index (χ1) is 10.8. The van der Waals surface area contributed by atoms with Crippen LogP contribution in [0.2, 0.25) is 0 Å². The van der Waals surface area contributed by atoms with Crippen molar-refractivity contribution >= 4 is 17.5 Å². The molecule has 0 unspecified atom stereocenters. The van der Waals surface area contributed by atoms with E-state index in [1.54, 1.807) is 24.3 Å². The van der Waals surface area contributed by atoms with Crippen LogP contribution >= 0.6 is 0 Å². The zero-order chi connectivity index (χ0) is 16.9. The Labute approximate surface area is 135 Å². The van der Waals surface area contributed by atoms with Crippen LogP contribution in [0.1, 0.15) is 26.5 Å². The van der Waals surface area contributed by atoms with E-state index in [0.29, 0.717) is 12.2 Å². The van der Waals surface area contributed by atoms with E-state index in [0.717, 1.165) is 11.4 Å². The molecule has 2 aromatic rings. The van der Waals surface area contributed by atoms with Gasteiger partial charge < -0.3 is 15.2 Å². The van der Waals surface area contributed by atoms with Gasteiger partial charge in [-0.1, -0.05) is 0 Å². The van der Waals surface area contributed by atoms with E-state index in [1.807, 2.05) is 32.9 Å². The monoisotopic (exact) mass is 315 g/mol. The Balaban J connectivity index is 1.87. The summed E-state index contributed by atoms with van der Waals surface area (Å²) >= 11 is 0. The van der Waals surface area contributed by atoms with E-state index < -0.39 is 11.7 Å². The molecule has 6 heteroatoms. The van der Waals surface area contributed by atoms with Crippen molar-refractivity contribution < 1.29 is 14.6 Å². The molecule has 0 spiro atoms. The Bertz CT molecular complexity index is 646. The number of anilines is 2. The largest absolute Gasteiger partial charge is 0.506 e. The molecule has 6 nitrogen and oxygen atoms in total. The van der Waals surface area contributed by atoms with Crippen LogP contribution in [0.25, 0.3) is 0 Å². The van der Waals surface area contributed by atoms with Gasteiger partial charge in [0.15, 0.2) is 0 Å². The van der Waals surface area contributed by atoms with Crippen LogP contribution in [0.5, 0.6) is 5.75 Å². The number of nitrogens with one attached hydrogen (secondary N) is 2. The summed E-state index contributed by atoms with van der Waals surface area (Å²) in [5.41, 5.74) is 1.85. The molecule has 1 aromatic carbocycles. The fourth-order valence-corrected chi connectivity index (χ4v) is 1.81. The minimum atomic E-state index is -0.525. The third-order valence-corrected chi connectivity index (χ3v) is 2.81. The summed E-state index contributed by atoms with van der Waals surface area (Å²) in [7, 11) is 0. The number of hydrogen-bond acceptors (Lipinski definition) is 5. The van der Waals surface area contributed by atoms with Crippen molar-refractivity contribution in [2.24, 2.45) is 0 Å². The molecule has 0 saturated carbocycles. The molecule has 0 aliphatic rings. The Hall–Kier alpha value is -2.76. The van der Waals surface area contributed by atoms with Crippen molar-refractivity contribution in [1.29, 1.82) is 0 Å². The van der Waals surface area contributed by atoms with Crippen molar-refractivity contribution in [3.05, 3.63) is 48.3 Å². The van der Waals surface area contributed by atoms with E-state index in [2.05, 4.69) is 15.6 Å². The number of benzene rings is 1. The number of rotatable bonds is 4. The number of carbonyl (C=O) groups is 1. The maximum Gasteiger partial charge on any atom is 0.412 e. The third-order valence-electron chi connectivity index (χ3n) is 2.81. The number of nitrogens with zero attached hydrogens (tertiary/aromatic N) is 1. The van der Waals surface area contributed by atoms with Crippen LogP contribution in [-0.2, 0) is 11.3 Å². The Kier molecular flexibility index (Phi) is 5.05. The third kappa shape index (κ3) is 5.86. The highest BCUT2D eigenvalue weighted by molar-refractivity contribution is 5.85. The lowest BCUT2D eigenvalue weighted by atomic mass is 10.2. The molecule has 0 atom stereocenters. The number of hydrogen-bond donors (Lipinski definition) is 3. The van der Waals surface area contributed by atoms with E-state index in [9.17, 15) is 9.90 Å². The van der Waals surface area contributed by atoms with Crippen LogP contribution in [0, 0.1) is 0 Å². The molecule has 1 aromatic heterocycles. The van der Waals surface area contributed by atoms with E-state index in [-0.39, 0.29) is 5.75 Å². The molecule has 0 bridgehead atoms. The highest BCUT2D eigenvalue weighted by atomic mass is 16.6. The van der Waals surface area contributed by atoms with E-state index >= 15 is 0 Å². The number of pyridine rings is 1. The average molecular weight is 315 g/mol. The van der Waals surface area contributed by atoms with Gasteiger partial charge in [0, 0.05) is 11.4 Å². The van der Waals surface area contributed by atoms with Crippen LogP contribution in [0.3, 0.4) is 0 Å². The molecular formula is C17H21N3O3. The smallest absolute Gasteiger partial charge is 0.412 e. The fraction of sp³-hybridized carbons (Fsp3) is 0.294. The summed E-state index contributed by atoms with van der Waals surface area (Å²) in [4.78, 5) is 15.8. The van der Waals surface area contributed by atoms with Gasteiger partial charge in [-0.3, -0.25) is 10.3 Å². The predicted molar refractivity (Wildman–Crippen MR) is 89.5 cm³/mol. The second-order valence-electron chi connectivity index (χ2n) is 6.07. The van der Waals surface area contributed by atoms with E-state index in [1.165, 1.54) is 6.20 Å². The van der Waals surface area contributed by atoms with Crippen molar-refractivity contribution in [2.45, 2.75) is 32.9 Å². The maximum atomic E-state index is 11.7. The summed E-state index contributed by atoms with van der Waals surface area (Å²) < 4.78 is 5.19. The molecule has 1 amide bonds. The highest BCUT2D eigenvalue weighted by Gasteiger charge is 2.15. The summed E-state index contributed by atoms with van der Waals surface area (Å²) in [5, 5.41) is 15.1. The Morgan fingerprint density at radius 2 is 1.78 bits per heavy atom. The normalized spacial score (nSPS) is 10.9. The molecule has 1 heterocycles. The van der Waals surface area contributed by atoms with Gasteiger partial charge in [-0.15, -0.1) is 0 Å². The summed E-state index contributed by atoms with van der Waals surface area (Å²) in [6, 6.07) is 10.6. The van der Waals surface area contributed by atoms with Crippen LogP contribution in [0.4, 0.5) is 16.2 Å². The van der Waals surface area contributed by atoms with Crippen molar-refractivity contribution in [3.63, 3.8) is 0 Å². The molecule has 3 N–H and O–H groups in total. The number of aromatic hydroxyl groups is 1. The minimum absolute atomic E-state index is 0.145. The fourth-order valence-electron chi connectivity index (χ4n) is 1.81. The van der Waals surface area contributed by atoms with Gasteiger partial charge in [-0.2, -0.15) is 0 Å². The molecule has 0 fully saturated rings. The zero-order valence-electron chi connectivity index (χ0n) is 13.5. The number of carbonyl (C=O) groups excluding carboxylic acids is 1. The number of aromatic nitrogens is 1. The highest BCUT2D eigenvalue weighted by Crippen LogP contribution is 2.16. The zero-order valence-corrected chi connectivity index (χ0v) is 13.5. The van der Waals surface area contributed by atoms with Crippen molar-refractivity contribution in [1.82, 2.24) is 4.98 Å². The van der Waals surface area contributed by atoms with Gasteiger partial charge in [0.25, 0.3) is 0 Å². The molecule has 0 saturated heterocycles. The first-order valence-electron chi connectivity index (χ1n) is 7.30. The van der Waals surface area contributed by atoms with Gasteiger partial charge in [0.2, 0.25) is 0 Å². The standard InChI is InChI=1S/C17H21N3O3/c1-17(2,3)23-16(22)20-13-6-4-12(5-7-13)18-10-14-8-9-15(21)11-19-14/h4-9,11,18,21H,10H2,1-3H3,(H,20,22). The van der Waals surface area contributed by atoms with Crippen LogP contribution in [0.15, 0.2) is 42.6 Å². The second kappa shape index (κ2) is 7.00. The summed E-state index contributed by atoms with van der Waals surface area (Å²) in [6.07, 6.45) is 0.928. The Morgan fingerprint density at radius 3 is 2.35 bits per heavy atom. The van der Waals surface area contributed by atoms with Gasteiger partial charge in [0.1, 0.15) is 11.4 Å². The first-order valence-corrected chi connectivity index (χ1v) is 7.30. The van der Waals surface area contributed by atoms with Gasteiger partial charge in [0.05, 0.1) is 18.4 Å². The lowest BCUT2D eigenvalue weighted by molar-refractivity contribution is 0.0636. The predicted octanol–water partition coefficient (Wildman–Crippen LogP) is 3.75. The summed E-state index contributed by atoms with van der Waals surface area (Å²) in [5.74, 6) is 0.145. The SMILES string of the molecule is CC(C)(C)OC(=O)Nc1ccc(NCc2ccc(O)cn2)cc1. The van der Waals surface area contributed by atoms with Crippen molar-refractivity contribution in [3.8, 4) is 5.75 Å². The van der Waals surface area contributed by atoms with Gasteiger partial charge in [-0.25, -0.2) is 4.79 Å². The molecule has 23 heavy (non-hydrogen) atoms. The minimum Gasteiger partial charge on any atom is -0.506 e. The Morgan fingerprint density at radius 1 is 1.13 bits per heavy atom. The van der Waals surface area contributed by atoms with E-state index in [4.69, 9.17) is 4.74 Å². The summed E-state index contributed by atoms with van der Waals surface area (Å²) in [6.45, 7) is 5.99. The quantitative estimate of drug-likeness (QED) is 0.800. The lowest BCUT2D eigenvalue weighted by Gasteiger charge is -2.19. The van der Waals surface area contributed by atoms with Crippen molar-refractivity contribution in [2.75, 3.05) is 10.6 Å². The first kappa shape index (κ1) is 16.6. The van der Waals surface area contributed by atoms with Gasteiger partial charge in [-0.05, 0) is 57.2 Å². The molecule has 0 aliphatic carbocycles. The van der Waals surface area contributed by atoms with Crippen LogP contribution < -0.4 is 10.6 Å². The molecule has 0 radical (unpaired) electrons. The van der Waals surface area contributed by atoms with Gasteiger partial charge >= 0.3 is 6.09 Å². The topological polar surface area (TPSA) is 83.5 Å². The molecular weight excluding hydrogens is 294 g/mol. The molecule has 2 rings (SSSR count). The average Bonchev–Trinajstić information content (AvgIpc) is 2.46. The van der Waals surface area contributed by atoms with Crippen LogP contribution in [-0.4, -0.2) is 21.8 Å². The number of ether oxygens (including phenoxy) is 1. The molecule has 0 aliphatic heterocycles. The number of amides is 1. The maximum absolute atomic E-state index is 11.7. The lowest BCUT2D eigenvalue weighted by Crippen LogP contribution is -2.27. The molecule has 122 valence electrons.